The number of alkyl carbamates (subject to hydrolysis) is 1. The number of rotatable bonds is 3. The van der Waals surface area contributed by atoms with Crippen molar-refractivity contribution < 1.29 is 9.53 Å². The van der Waals surface area contributed by atoms with Crippen LogP contribution in [-0.4, -0.2) is 18.7 Å². The summed E-state index contributed by atoms with van der Waals surface area (Å²) in [5, 5.41) is 2.36. The van der Waals surface area contributed by atoms with Crippen LogP contribution in [0.15, 0.2) is 12.7 Å². The zero-order valence-electron chi connectivity index (χ0n) is 13.3. The van der Waals surface area contributed by atoms with Gasteiger partial charge in [0.05, 0.1) is 0 Å². The lowest BCUT2D eigenvalue weighted by Gasteiger charge is -2.18. The second-order valence-electron chi connectivity index (χ2n) is 6.29. The van der Waals surface area contributed by atoms with Crippen LogP contribution >= 0.6 is 0 Å². The smallest absolute Gasteiger partial charge is 0.407 e. The summed E-state index contributed by atoms with van der Waals surface area (Å²) in [6.45, 7) is 11.6. The molecule has 1 aliphatic rings. The minimum atomic E-state index is -0.389. The van der Waals surface area contributed by atoms with Crippen LogP contribution in [0.4, 0.5) is 4.79 Å². The Morgan fingerprint density at radius 1 is 1.42 bits per heavy atom. The van der Waals surface area contributed by atoms with Crippen LogP contribution < -0.4 is 5.32 Å². The van der Waals surface area contributed by atoms with Crippen molar-refractivity contribution in [3.63, 3.8) is 0 Å². The summed E-state index contributed by atoms with van der Waals surface area (Å²) >= 11 is 0. The van der Waals surface area contributed by atoms with E-state index in [-0.39, 0.29) is 11.7 Å². The molecule has 112 valence electrons. The number of amides is 1. The minimum absolute atomic E-state index is 0.387. The van der Waals surface area contributed by atoms with Gasteiger partial charge in [0.25, 0.3) is 0 Å². The molecular weight excluding hydrogens is 238 g/mol. The predicted molar refractivity (Wildman–Crippen MR) is 81.2 cm³/mol. The van der Waals surface area contributed by atoms with Crippen LogP contribution in [0.2, 0.25) is 0 Å². The highest BCUT2D eigenvalue weighted by Crippen LogP contribution is 2.34. The third-order valence-electron chi connectivity index (χ3n) is 3.38. The molecule has 1 N–H and O–H groups in total. The van der Waals surface area contributed by atoms with E-state index in [0.29, 0.717) is 0 Å². The monoisotopic (exact) mass is 269 g/mol. The topological polar surface area (TPSA) is 38.3 Å². The van der Waals surface area contributed by atoms with Crippen molar-refractivity contribution in [3.8, 4) is 0 Å². The first-order valence-electron chi connectivity index (χ1n) is 7.31. The molecule has 19 heavy (non-hydrogen) atoms. The zero-order valence-corrected chi connectivity index (χ0v) is 13.3. The Labute approximate surface area is 118 Å². The maximum Gasteiger partial charge on any atom is 0.407 e. The Morgan fingerprint density at radius 3 is 2.37 bits per heavy atom. The molecule has 1 fully saturated rings. The van der Waals surface area contributed by atoms with Gasteiger partial charge in [-0.1, -0.05) is 32.3 Å². The molecule has 0 bridgehead atoms. The zero-order chi connectivity index (χ0) is 14.9. The van der Waals surface area contributed by atoms with Gasteiger partial charge in [-0.3, -0.25) is 0 Å². The second-order valence-corrected chi connectivity index (χ2v) is 6.29. The third kappa shape index (κ3) is 9.57. The molecule has 1 aliphatic carbocycles. The molecular formula is C16H31NO2. The molecule has 0 saturated heterocycles. The van der Waals surface area contributed by atoms with Crippen molar-refractivity contribution in [1.29, 1.82) is 0 Å². The largest absolute Gasteiger partial charge is 0.444 e. The van der Waals surface area contributed by atoms with E-state index < -0.39 is 0 Å². The van der Waals surface area contributed by atoms with Crippen molar-refractivity contribution in [2.24, 2.45) is 11.8 Å². The van der Waals surface area contributed by atoms with Crippen molar-refractivity contribution in [3.05, 3.63) is 12.7 Å². The van der Waals surface area contributed by atoms with Gasteiger partial charge in [-0.25, -0.2) is 4.79 Å². The first kappa shape index (κ1) is 18.0. The van der Waals surface area contributed by atoms with E-state index in [9.17, 15) is 4.79 Å². The summed E-state index contributed by atoms with van der Waals surface area (Å²) in [6, 6.07) is 0. The molecule has 0 unspecified atom stereocenters. The van der Waals surface area contributed by atoms with Crippen molar-refractivity contribution in [2.45, 2.75) is 65.4 Å². The van der Waals surface area contributed by atoms with Crippen LogP contribution in [-0.2, 0) is 4.74 Å². The van der Waals surface area contributed by atoms with Gasteiger partial charge in [0, 0.05) is 7.05 Å². The fraction of sp³-hybridized carbons (Fsp3) is 0.812. The van der Waals surface area contributed by atoms with Crippen LogP contribution in [0.1, 0.15) is 59.8 Å². The van der Waals surface area contributed by atoms with Crippen LogP contribution in [0.25, 0.3) is 0 Å². The molecule has 0 aromatic rings. The van der Waals surface area contributed by atoms with Crippen molar-refractivity contribution in [2.75, 3.05) is 7.05 Å². The van der Waals surface area contributed by atoms with Crippen LogP contribution in [0.5, 0.6) is 0 Å². The van der Waals surface area contributed by atoms with Gasteiger partial charge in [0.1, 0.15) is 5.60 Å². The average Bonchev–Trinajstić information content (AvgIpc) is 2.71. The number of hydrogen-bond acceptors (Lipinski definition) is 2. The standard InChI is InChI=1S/C10H18.C6H13NO2/c1-3-4-7-10-8-5-6-9(10)2;1-6(2,3)9-5(8)7-4/h3,9-10H,1,4-8H2,2H3;1-4H3,(H,7,8)/t9-,10-;/m1./s1. The summed E-state index contributed by atoms with van der Waals surface area (Å²) in [7, 11) is 1.54. The van der Waals surface area contributed by atoms with Gasteiger partial charge in [0.15, 0.2) is 0 Å². The highest BCUT2D eigenvalue weighted by Gasteiger charge is 2.21. The Bertz CT molecular complexity index is 268. The number of nitrogens with one attached hydrogen (secondary N) is 1. The van der Waals surface area contributed by atoms with Crippen molar-refractivity contribution >= 4 is 6.09 Å². The van der Waals surface area contributed by atoms with Gasteiger partial charge in [-0.05, 0) is 45.4 Å². The van der Waals surface area contributed by atoms with E-state index in [0.717, 1.165) is 11.8 Å². The lowest BCUT2D eigenvalue weighted by atomic mass is 9.93. The molecule has 3 heteroatoms. The number of ether oxygens (including phenoxy) is 1. The van der Waals surface area contributed by atoms with Gasteiger partial charge >= 0.3 is 6.09 Å². The fourth-order valence-electron chi connectivity index (χ4n) is 2.31. The van der Waals surface area contributed by atoms with E-state index in [1.807, 2.05) is 26.8 Å². The summed E-state index contributed by atoms with van der Waals surface area (Å²) < 4.78 is 4.84. The molecule has 0 aliphatic heterocycles. The lowest BCUT2D eigenvalue weighted by molar-refractivity contribution is 0.0541. The average molecular weight is 269 g/mol. The van der Waals surface area contributed by atoms with E-state index in [1.165, 1.54) is 39.2 Å². The van der Waals surface area contributed by atoms with E-state index in [4.69, 9.17) is 4.74 Å². The molecule has 0 spiro atoms. The third-order valence-corrected chi connectivity index (χ3v) is 3.38. The maximum absolute atomic E-state index is 10.5. The molecule has 0 aromatic carbocycles. The molecule has 0 heterocycles. The molecule has 1 rings (SSSR count). The highest BCUT2D eigenvalue weighted by molar-refractivity contribution is 5.67. The molecule has 1 amide bonds. The van der Waals surface area contributed by atoms with E-state index in [2.05, 4.69) is 18.8 Å². The Balaban J connectivity index is 0.000000344. The second kappa shape index (κ2) is 9.00. The van der Waals surface area contributed by atoms with Gasteiger partial charge in [0.2, 0.25) is 0 Å². The summed E-state index contributed by atoms with van der Waals surface area (Å²) in [5.41, 5.74) is -0.389. The van der Waals surface area contributed by atoms with E-state index >= 15 is 0 Å². The minimum Gasteiger partial charge on any atom is -0.444 e. The van der Waals surface area contributed by atoms with Crippen LogP contribution in [0.3, 0.4) is 0 Å². The predicted octanol–water partition coefficient (Wildman–Crippen LogP) is 4.53. The van der Waals surface area contributed by atoms with Crippen LogP contribution in [0, 0.1) is 11.8 Å². The number of carbonyl (C=O) groups excluding carboxylic acids is 1. The Morgan fingerprint density at radius 2 is 2.05 bits per heavy atom. The van der Waals surface area contributed by atoms with Gasteiger partial charge in [-0.15, -0.1) is 6.58 Å². The van der Waals surface area contributed by atoms with E-state index in [1.54, 1.807) is 0 Å². The summed E-state index contributed by atoms with van der Waals surface area (Å²) in [4.78, 5) is 10.5. The van der Waals surface area contributed by atoms with Gasteiger partial charge < -0.3 is 10.1 Å². The fourth-order valence-corrected chi connectivity index (χ4v) is 2.31. The number of hydrogen-bond donors (Lipinski definition) is 1. The number of allylic oxidation sites excluding steroid dienone is 1. The first-order valence-corrected chi connectivity index (χ1v) is 7.31. The normalized spacial score (nSPS) is 22.2. The summed E-state index contributed by atoms with van der Waals surface area (Å²) in [6.07, 6.45) is 8.65. The molecule has 0 radical (unpaired) electrons. The number of carbonyl (C=O) groups is 1. The summed E-state index contributed by atoms with van der Waals surface area (Å²) in [5.74, 6) is 2.00. The quantitative estimate of drug-likeness (QED) is 0.764. The Kier molecular flexibility index (Phi) is 8.53. The molecule has 3 nitrogen and oxygen atoms in total. The molecule has 2 atom stereocenters. The highest BCUT2D eigenvalue weighted by atomic mass is 16.6. The molecule has 0 aromatic heterocycles. The first-order chi connectivity index (χ1) is 8.80. The Hall–Kier alpha value is -0.990. The SMILES string of the molecule is C=CCC[C@@H]1CCC[C@H]1C.CNC(=O)OC(C)(C)C. The van der Waals surface area contributed by atoms with Gasteiger partial charge in [-0.2, -0.15) is 0 Å². The maximum atomic E-state index is 10.5. The molecule has 1 saturated carbocycles. The van der Waals surface area contributed by atoms with Crippen molar-refractivity contribution in [1.82, 2.24) is 5.32 Å². The lowest BCUT2D eigenvalue weighted by Crippen LogP contribution is -2.30.